The molecule has 0 spiro atoms. The largest absolute Gasteiger partial charge is 0.453 e. The standard InChI is InChI=1S/C6H10F5N/c1-4(3-12)2-5(7,8)6(9,10)11/h4H,2-3,12H2,1H3. The molecule has 0 heterocycles. The summed E-state index contributed by atoms with van der Waals surface area (Å²) in [5.74, 6) is -5.45. The first kappa shape index (κ1) is 11.6. The van der Waals surface area contributed by atoms with Crippen molar-refractivity contribution >= 4 is 0 Å². The molecule has 0 aromatic rings. The van der Waals surface area contributed by atoms with Gasteiger partial charge in [0.15, 0.2) is 0 Å². The lowest BCUT2D eigenvalue weighted by molar-refractivity contribution is -0.287. The highest BCUT2D eigenvalue weighted by Gasteiger charge is 2.57. The van der Waals surface area contributed by atoms with Crippen LogP contribution < -0.4 is 5.73 Å². The average molecular weight is 191 g/mol. The van der Waals surface area contributed by atoms with Crippen molar-refractivity contribution in [3.63, 3.8) is 0 Å². The van der Waals surface area contributed by atoms with Gasteiger partial charge in [0.2, 0.25) is 0 Å². The highest BCUT2D eigenvalue weighted by Crippen LogP contribution is 2.39. The quantitative estimate of drug-likeness (QED) is 0.679. The summed E-state index contributed by atoms with van der Waals surface area (Å²) in [7, 11) is 0. The summed E-state index contributed by atoms with van der Waals surface area (Å²) in [4.78, 5) is 0. The van der Waals surface area contributed by atoms with E-state index in [2.05, 4.69) is 0 Å². The maximum atomic E-state index is 12.2. The Hall–Kier alpha value is -0.390. The van der Waals surface area contributed by atoms with Gasteiger partial charge in [-0.1, -0.05) is 6.92 Å². The van der Waals surface area contributed by atoms with E-state index >= 15 is 0 Å². The van der Waals surface area contributed by atoms with Crippen molar-refractivity contribution in [2.75, 3.05) is 6.54 Å². The van der Waals surface area contributed by atoms with E-state index in [1.807, 2.05) is 0 Å². The van der Waals surface area contributed by atoms with Crippen molar-refractivity contribution in [2.24, 2.45) is 11.7 Å². The molecule has 0 aliphatic rings. The summed E-state index contributed by atoms with van der Waals surface area (Å²) in [6, 6.07) is 0. The lowest BCUT2D eigenvalue weighted by Crippen LogP contribution is -2.38. The monoisotopic (exact) mass is 191 g/mol. The lowest BCUT2D eigenvalue weighted by Gasteiger charge is -2.21. The molecule has 0 rings (SSSR count). The van der Waals surface area contributed by atoms with Crippen LogP contribution in [0.4, 0.5) is 22.0 Å². The van der Waals surface area contributed by atoms with Gasteiger partial charge in [0, 0.05) is 6.42 Å². The van der Waals surface area contributed by atoms with Gasteiger partial charge < -0.3 is 5.73 Å². The third-order valence-electron chi connectivity index (χ3n) is 1.42. The Morgan fingerprint density at radius 2 is 1.58 bits per heavy atom. The van der Waals surface area contributed by atoms with Crippen LogP contribution in [-0.4, -0.2) is 18.6 Å². The highest BCUT2D eigenvalue weighted by atomic mass is 19.4. The van der Waals surface area contributed by atoms with Crippen LogP contribution in [-0.2, 0) is 0 Å². The molecule has 2 N–H and O–H groups in total. The van der Waals surface area contributed by atoms with Gasteiger partial charge >= 0.3 is 12.1 Å². The van der Waals surface area contributed by atoms with Gasteiger partial charge in [-0.05, 0) is 12.5 Å². The van der Waals surface area contributed by atoms with Crippen LogP contribution in [0.15, 0.2) is 0 Å². The second kappa shape index (κ2) is 3.55. The van der Waals surface area contributed by atoms with Crippen LogP contribution in [0, 0.1) is 5.92 Å². The van der Waals surface area contributed by atoms with Gasteiger partial charge in [-0.2, -0.15) is 22.0 Å². The molecule has 1 nitrogen and oxygen atoms in total. The zero-order valence-electron chi connectivity index (χ0n) is 6.46. The first-order chi connectivity index (χ1) is 5.20. The predicted octanol–water partition coefficient (Wildman–Crippen LogP) is 2.17. The van der Waals surface area contributed by atoms with E-state index < -0.39 is 24.4 Å². The second-order valence-corrected chi connectivity index (χ2v) is 2.75. The van der Waals surface area contributed by atoms with Crippen LogP contribution in [0.3, 0.4) is 0 Å². The van der Waals surface area contributed by atoms with Gasteiger partial charge in [0.1, 0.15) is 0 Å². The van der Waals surface area contributed by atoms with Crippen molar-refractivity contribution in [2.45, 2.75) is 25.4 Å². The third kappa shape index (κ3) is 2.92. The average Bonchev–Trinajstić information content (AvgIpc) is 1.84. The highest BCUT2D eigenvalue weighted by molar-refractivity contribution is 4.78. The molecule has 74 valence electrons. The summed E-state index contributed by atoms with van der Waals surface area (Å²) in [6.45, 7) is 1.07. The van der Waals surface area contributed by atoms with Gasteiger partial charge in [0.25, 0.3) is 0 Å². The Bertz CT molecular complexity index is 141. The Kier molecular flexibility index (Phi) is 3.44. The van der Waals surface area contributed by atoms with E-state index in [1.54, 1.807) is 0 Å². The van der Waals surface area contributed by atoms with Crippen LogP contribution in [0.5, 0.6) is 0 Å². The van der Waals surface area contributed by atoms with Crippen molar-refractivity contribution in [3.8, 4) is 0 Å². The minimum absolute atomic E-state index is 0.175. The minimum Gasteiger partial charge on any atom is -0.330 e. The maximum absolute atomic E-state index is 12.2. The molecule has 0 aliphatic heterocycles. The summed E-state index contributed by atoms with van der Waals surface area (Å²) < 4.78 is 59.0. The zero-order chi connectivity index (χ0) is 9.99. The smallest absolute Gasteiger partial charge is 0.330 e. The predicted molar refractivity (Wildman–Crippen MR) is 33.8 cm³/mol. The lowest BCUT2D eigenvalue weighted by atomic mass is 10.0. The second-order valence-electron chi connectivity index (χ2n) is 2.75. The number of alkyl halides is 5. The number of nitrogens with two attached hydrogens (primary N) is 1. The molecule has 0 fully saturated rings. The van der Waals surface area contributed by atoms with Crippen molar-refractivity contribution < 1.29 is 22.0 Å². The van der Waals surface area contributed by atoms with Crippen molar-refractivity contribution in [1.82, 2.24) is 0 Å². The van der Waals surface area contributed by atoms with Crippen LogP contribution >= 0.6 is 0 Å². The Labute approximate surface area is 66.7 Å². The summed E-state index contributed by atoms with van der Waals surface area (Å²) in [5.41, 5.74) is 4.92. The summed E-state index contributed by atoms with van der Waals surface area (Å²) in [6.07, 6.45) is -6.70. The Morgan fingerprint density at radius 1 is 1.17 bits per heavy atom. The molecule has 0 aliphatic carbocycles. The van der Waals surface area contributed by atoms with E-state index in [0.29, 0.717) is 0 Å². The normalized spacial score (nSPS) is 16.2. The number of hydrogen-bond acceptors (Lipinski definition) is 1. The fraction of sp³-hybridized carbons (Fsp3) is 1.00. The Balaban J connectivity index is 4.22. The molecule has 0 saturated carbocycles. The van der Waals surface area contributed by atoms with E-state index in [4.69, 9.17) is 5.73 Å². The van der Waals surface area contributed by atoms with E-state index in [0.717, 1.165) is 0 Å². The minimum atomic E-state index is -5.46. The molecule has 0 bridgehead atoms. The molecule has 6 heteroatoms. The molecule has 0 saturated heterocycles. The van der Waals surface area contributed by atoms with E-state index in [1.165, 1.54) is 6.92 Å². The topological polar surface area (TPSA) is 26.0 Å². The molecular formula is C6H10F5N. The maximum Gasteiger partial charge on any atom is 0.453 e. The van der Waals surface area contributed by atoms with Gasteiger partial charge in [0.05, 0.1) is 0 Å². The molecule has 12 heavy (non-hydrogen) atoms. The summed E-state index contributed by atoms with van der Waals surface area (Å²) in [5, 5.41) is 0. The first-order valence-electron chi connectivity index (χ1n) is 3.35. The molecule has 1 atom stereocenters. The first-order valence-corrected chi connectivity index (χ1v) is 3.35. The number of halogens is 5. The summed E-state index contributed by atoms with van der Waals surface area (Å²) >= 11 is 0. The van der Waals surface area contributed by atoms with Crippen molar-refractivity contribution in [3.05, 3.63) is 0 Å². The van der Waals surface area contributed by atoms with Crippen molar-refractivity contribution in [1.29, 1.82) is 0 Å². The fourth-order valence-corrected chi connectivity index (χ4v) is 0.637. The van der Waals surface area contributed by atoms with Gasteiger partial charge in [-0.15, -0.1) is 0 Å². The van der Waals surface area contributed by atoms with Gasteiger partial charge in [-0.3, -0.25) is 0 Å². The third-order valence-corrected chi connectivity index (χ3v) is 1.42. The molecule has 0 amide bonds. The molecule has 1 unspecified atom stereocenters. The molecule has 0 aromatic heterocycles. The number of hydrogen-bond donors (Lipinski definition) is 1. The Morgan fingerprint density at radius 3 is 1.83 bits per heavy atom. The zero-order valence-corrected chi connectivity index (χ0v) is 6.46. The van der Waals surface area contributed by atoms with E-state index in [9.17, 15) is 22.0 Å². The molecular weight excluding hydrogens is 181 g/mol. The van der Waals surface area contributed by atoms with Crippen LogP contribution in [0.2, 0.25) is 0 Å². The molecule has 0 radical (unpaired) electrons. The van der Waals surface area contributed by atoms with Crippen LogP contribution in [0.1, 0.15) is 13.3 Å². The van der Waals surface area contributed by atoms with Gasteiger partial charge in [-0.25, -0.2) is 0 Å². The SMILES string of the molecule is CC(CN)CC(F)(F)C(F)(F)F. The van der Waals surface area contributed by atoms with Crippen LogP contribution in [0.25, 0.3) is 0 Å². The van der Waals surface area contributed by atoms with E-state index in [-0.39, 0.29) is 6.54 Å². The number of rotatable bonds is 3. The fourth-order valence-electron chi connectivity index (χ4n) is 0.637. The molecule has 0 aromatic carbocycles.